The zero-order valence-corrected chi connectivity index (χ0v) is 11.8. The molecule has 0 spiro atoms. The molecular weight excluding hydrogens is 252 g/mol. The van der Waals surface area contributed by atoms with Gasteiger partial charge in [-0.15, -0.1) is 0 Å². The second-order valence-corrected chi connectivity index (χ2v) is 6.17. The lowest BCUT2D eigenvalue weighted by Crippen LogP contribution is -2.44. The van der Waals surface area contributed by atoms with Gasteiger partial charge in [0, 0.05) is 25.6 Å². The molecule has 4 nitrogen and oxygen atoms in total. The summed E-state index contributed by atoms with van der Waals surface area (Å²) in [4.78, 5) is 2.21. The number of aliphatic hydroxyl groups is 1. The van der Waals surface area contributed by atoms with Crippen molar-refractivity contribution in [2.75, 3.05) is 19.6 Å². The number of hydrogen-bond donors (Lipinski definition) is 3. The third-order valence-electron chi connectivity index (χ3n) is 4.85. The third kappa shape index (κ3) is 3.04. The van der Waals surface area contributed by atoms with E-state index < -0.39 is 0 Å². The van der Waals surface area contributed by atoms with Crippen molar-refractivity contribution in [3.8, 4) is 0 Å². The Bertz CT molecular complexity index is 418. The van der Waals surface area contributed by atoms with E-state index in [0.29, 0.717) is 24.3 Å². The minimum atomic E-state index is -0.303. The molecule has 1 aromatic rings. The van der Waals surface area contributed by atoms with Crippen LogP contribution >= 0.6 is 0 Å². The van der Waals surface area contributed by atoms with Crippen molar-refractivity contribution in [2.24, 2.45) is 11.8 Å². The van der Waals surface area contributed by atoms with Gasteiger partial charge in [0.15, 0.2) is 0 Å². The molecule has 0 radical (unpaired) electrons. The molecule has 1 aliphatic carbocycles. The lowest BCUT2D eigenvalue weighted by Gasteiger charge is -2.35. The number of nitrogens with one attached hydrogen (secondary N) is 1. The van der Waals surface area contributed by atoms with E-state index in [1.807, 2.05) is 6.07 Å². The number of likely N-dealkylation sites (tertiary alicyclic amines) is 1. The molecule has 3 atom stereocenters. The van der Waals surface area contributed by atoms with E-state index >= 15 is 0 Å². The normalized spacial score (nSPS) is 29.3. The van der Waals surface area contributed by atoms with Crippen LogP contribution in [0.3, 0.4) is 0 Å². The number of rotatable bonds is 5. The van der Waals surface area contributed by atoms with Gasteiger partial charge in [-0.1, -0.05) is 30.3 Å². The molecule has 1 heterocycles. The molecular formula is C16H24N2O2. The third-order valence-corrected chi connectivity index (χ3v) is 4.85. The highest BCUT2D eigenvalue weighted by Crippen LogP contribution is 2.50. The standard InChI is InChI=1S/C16H24N2O2/c19-16(18-8-6-12(7-9-18)11-17-20)15-10-14(15)13-4-2-1-3-5-13/h1-5,12,14-17,19-20H,6-11H2/t14-,15+,16?/m0/s1. The van der Waals surface area contributed by atoms with Crippen molar-refractivity contribution in [1.82, 2.24) is 10.4 Å². The van der Waals surface area contributed by atoms with Crippen LogP contribution in [0.5, 0.6) is 0 Å². The van der Waals surface area contributed by atoms with Crippen LogP contribution in [0.1, 0.15) is 30.7 Å². The van der Waals surface area contributed by atoms with E-state index in [-0.39, 0.29) is 6.23 Å². The average molecular weight is 276 g/mol. The largest absolute Gasteiger partial charge is 0.378 e. The Morgan fingerprint density at radius 3 is 2.55 bits per heavy atom. The lowest BCUT2D eigenvalue weighted by atomic mass is 9.96. The first-order valence-corrected chi connectivity index (χ1v) is 7.63. The fourth-order valence-electron chi connectivity index (χ4n) is 3.45. The SMILES string of the molecule is ONCC1CCN(C(O)[C@@H]2C[C@H]2c2ccccc2)CC1. The van der Waals surface area contributed by atoms with E-state index in [9.17, 15) is 5.11 Å². The average Bonchev–Trinajstić information content (AvgIpc) is 3.29. The molecule has 2 aliphatic rings. The summed E-state index contributed by atoms with van der Waals surface area (Å²) in [5.41, 5.74) is 3.62. The second-order valence-electron chi connectivity index (χ2n) is 6.17. The van der Waals surface area contributed by atoms with Gasteiger partial charge in [-0.3, -0.25) is 4.90 Å². The van der Waals surface area contributed by atoms with Crippen LogP contribution in [0.2, 0.25) is 0 Å². The minimum Gasteiger partial charge on any atom is -0.378 e. The maximum atomic E-state index is 10.5. The predicted octanol–water partition coefficient (Wildman–Crippen LogP) is 1.80. The van der Waals surface area contributed by atoms with Gasteiger partial charge in [-0.05, 0) is 36.7 Å². The Labute approximate surface area is 120 Å². The molecule has 0 bridgehead atoms. The number of benzene rings is 1. The van der Waals surface area contributed by atoms with E-state index in [1.165, 1.54) is 5.56 Å². The Balaban J connectivity index is 1.50. The molecule has 1 saturated carbocycles. The molecule has 1 saturated heterocycles. The van der Waals surface area contributed by atoms with Gasteiger partial charge >= 0.3 is 0 Å². The highest BCUT2D eigenvalue weighted by molar-refractivity contribution is 5.26. The van der Waals surface area contributed by atoms with Crippen molar-refractivity contribution in [2.45, 2.75) is 31.4 Å². The van der Waals surface area contributed by atoms with Crippen LogP contribution in [0.4, 0.5) is 0 Å². The first kappa shape index (κ1) is 14.0. The molecule has 1 unspecified atom stereocenters. The van der Waals surface area contributed by atoms with Crippen molar-refractivity contribution in [1.29, 1.82) is 0 Å². The van der Waals surface area contributed by atoms with Crippen molar-refractivity contribution < 1.29 is 10.3 Å². The van der Waals surface area contributed by atoms with Crippen LogP contribution in [0.25, 0.3) is 0 Å². The van der Waals surface area contributed by atoms with E-state index in [1.54, 1.807) is 0 Å². The predicted molar refractivity (Wildman–Crippen MR) is 77.4 cm³/mol. The molecule has 3 rings (SSSR count). The molecule has 20 heavy (non-hydrogen) atoms. The number of hydrogen-bond acceptors (Lipinski definition) is 4. The summed E-state index contributed by atoms with van der Waals surface area (Å²) in [6.45, 7) is 2.54. The van der Waals surface area contributed by atoms with Crippen molar-refractivity contribution >= 4 is 0 Å². The minimum absolute atomic E-state index is 0.303. The maximum Gasteiger partial charge on any atom is 0.110 e. The van der Waals surface area contributed by atoms with Gasteiger partial charge in [0.2, 0.25) is 0 Å². The molecule has 110 valence electrons. The van der Waals surface area contributed by atoms with Crippen molar-refractivity contribution in [3.05, 3.63) is 35.9 Å². The van der Waals surface area contributed by atoms with Crippen LogP contribution in [-0.2, 0) is 0 Å². The fourth-order valence-corrected chi connectivity index (χ4v) is 3.45. The quantitative estimate of drug-likeness (QED) is 0.718. The lowest BCUT2D eigenvalue weighted by molar-refractivity contribution is -0.0348. The molecule has 0 amide bonds. The molecule has 2 fully saturated rings. The van der Waals surface area contributed by atoms with Crippen LogP contribution in [-0.4, -0.2) is 41.1 Å². The second kappa shape index (κ2) is 6.22. The van der Waals surface area contributed by atoms with E-state index in [2.05, 4.69) is 34.6 Å². The zero-order valence-electron chi connectivity index (χ0n) is 11.8. The topological polar surface area (TPSA) is 55.7 Å². The van der Waals surface area contributed by atoms with Gasteiger partial charge in [0.05, 0.1) is 0 Å². The number of piperidine rings is 1. The number of hydroxylamine groups is 1. The Morgan fingerprint density at radius 1 is 1.20 bits per heavy atom. The molecule has 1 aliphatic heterocycles. The highest BCUT2D eigenvalue weighted by atomic mass is 16.5. The molecule has 3 N–H and O–H groups in total. The zero-order chi connectivity index (χ0) is 13.9. The van der Waals surface area contributed by atoms with Crippen LogP contribution < -0.4 is 5.48 Å². The summed E-state index contributed by atoms with van der Waals surface area (Å²) in [5.74, 6) is 1.46. The first-order valence-electron chi connectivity index (χ1n) is 7.63. The van der Waals surface area contributed by atoms with Gasteiger partial charge in [-0.25, -0.2) is 5.48 Å². The van der Waals surface area contributed by atoms with Crippen molar-refractivity contribution in [3.63, 3.8) is 0 Å². The summed E-state index contributed by atoms with van der Waals surface area (Å²) in [6, 6.07) is 10.5. The van der Waals surface area contributed by atoms with Gasteiger partial charge < -0.3 is 10.3 Å². The summed E-state index contributed by atoms with van der Waals surface area (Å²) < 4.78 is 0. The smallest absolute Gasteiger partial charge is 0.110 e. The van der Waals surface area contributed by atoms with Gasteiger partial charge in [0.25, 0.3) is 0 Å². The van der Waals surface area contributed by atoms with E-state index in [0.717, 1.165) is 32.4 Å². The maximum absolute atomic E-state index is 10.5. The van der Waals surface area contributed by atoms with Gasteiger partial charge in [-0.2, -0.15) is 0 Å². The summed E-state index contributed by atoms with van der Waals surface area (Å²) in [6.07, 6.45) is 2.90. The summed E-state index contributed by atoms with van der Waals surface area (Å²) in [7, 11) is 0. The van der Waals surface area contributed by atoms with E-state index in [4.69, 9.17) is 5.21 Å². The van der Waals surface area contributed by atoms with Gasteiger partial charge in [0.1, 0.15) is 6.23 Å². The molecule has 0 aromatic heterocycles. The van der Waals surface area contributed by atoms with Crippen LogP contribution in [0.15, 0.2) is 30.3 Å². The monoisotopic (exact) mass is 276 g/mol. The molecule has 4 heteroatoms. The fraction of sp³-hybridized carbons (Fsp3) is 0.625. The Kier molecular flexibility index (Phi) is 4.36. The van der Waals surface area contributed by atoms with Crippen LogP contribution in [0, 0.1) is 11.8 Å². The summed E-state index contributed by atoms with van der Waals surface area (Å²) in [5, 5.41) is 19.3. The number of aliphatic hydroxyl groups excluding tert-OH is 1. The molecule has 1 aromatic carbocycles. The summed E-state index contributed by atoms with van der Waals surface area (Å²) >= 11 is 0. The Hall–Kier alpha value is -0.940. The number of nitrogens with zero attached hydrogens (tertiary/aromatic N) is 1. The highest BCUT2D eigenvalue weighted by Gasteiger charge is 2.45. The first-order chi connectivity index (χ1) is 9.79. The Morgan fingerprint density at radius 2 is 1.90 bits per heavy atom.